The maximum absolute atomic E-state index is 14.0. The lowest BCUT2D eigenvalue weighted by Gasteiger charge is -2.31. The van der Waals surface area contributed by atoms with Gasteiger partial charge < -0.3 is 20.2 Å². The van der Waals surface area contributed by atoms with Gasteiger partial charge in [0.15, 0.2) is 9.84 Å². The summed E-state index contributed by atoms with van der Waals surface area (Å²) in [5, 5.41) is 23.2. The Kier molecular flexibility index (Phi) is 7.11. The summed E-state index contributed by atoms with van der Waals surface area (Å²) < 4.78 is 24.0. The molecule has 0 fully saturated rings. The van der Waals surface area contributed by atoms with E-state index in [0.29, 0.717) is 0 Å². The topological polar surface area (TPSA) is 148 Å². The molecule has 1 aliphatic rings. The van der Waals surface area contributed by atoms with E-state index in [1.165, 1.54) is 30.0 Å². The maximum atomic E-state index is 14.0. The van der Waals surface area contributed by atoms with Crippen molar-refractivity contribution in [1.82, 2.24) is 5.32 Å². The number of carbonyl (C=O) groups is 3. The molecular weight excluding hydrogens is 508 g/mol. The molecule has 0 spiro atoms. The zero-order chi connectivity index (χ0) is 27.8. The van der Waals surface area contributed by atoms with E-state index in [4.69, 9.17) is 0 Å². The molecule has 1 heterocycles. The van der Waals surface area contributed by atoms with Crippen molar-refractivity contribution in [2.24, 2.45) is 0 Å². The zero-order valence-electron chi connectivity index (χ0n) is 21.0. The molecule has 0 bridgehead atoms. The van der Waals surface area contributed by atoms with Crippen molar-refractivity contribution in [3.63, 3.8) is 0 Å². The van der Waals surface area contributed by atoms with Gasteiger partial charge in [0, 0.05) is 6.26 Å². The minimum Gasteiger partial charge on any atom is -0.465 e. The van der Waals surface area contributed by atoms with Crippen LogP contribution in [0.25, 0.3) is 10.8 Å². The van der Waals surface area contributed by atoms with Gasteiger partial charge in [-0.05, 0) is 53.9 Å². The first-order valence-corrected chi connectivity index (χ1v) is 13.8. The molecule has 3 aromatic carbocycles. The lowest BCUT2D eigenvalue weighted by Crippen LogP contribution is -2.58. The summed E-state index contributed by atoms with van der Waals surface area (Å²) in [6, 6.07) is 15.5. The highest BCUT2D eigenvalue weighted by molar-refractivity contribution is 7.91. The van der Waals surface area contributed by atoms with Gasteiger partial charge in [-0.1, -0.05) is 36.4 Å². The third-order valence-corrected chi connectivity index (χ3v) is 7.37. The molecule has 0 radical (unpaired) electrons. The number of amides is 3. The molecule has 3 amide bonds. The number of hydrogen-bond acceptors (Lipinski definition) is 6. The average Bonchev–Trinajstić information content (AvgIpc) is 2.92. The van der Waals surface area contributed by atoms with Crippen LogP contribution in [0.4, 0.5) is 16.2 Å². The van der Waals surface area contributed by atoms with Crippen molar-refractivity contribution in [2.45, 2.75) is 32.5 Å². The van der Waals surface area contributed by atoms with E-state index < -0.39 is 45.6 Å². The molecule has 0 saturated heterocycles. The highest BCUT2D eigenvalue weighted by Gasteiger charge is 2.43. The Bertz CT molecular complexity index is 1610. The van der Waals surface area contributed by atoms with Crippen molar-refractivity contribution in [3.05, 3.63) is 71.3 Å². The Hall–Kier alpha value is -4.43. The van der Waals surface area contributed by atoms with Gasteiger partial charge in [-0.25, -0.2) is 13.2 Å². The molecule has 0 aromatic heterocycles. The minimum absolute atomic E-state index is 0.0452. The lowest BCUT2D eigenvalue weighted by molar-refractivity contribution is -0.121. The van der Waals surface area contributed by atoms with Gasteiger partial charge in [-0.2, -0.15) is 5.26 Å². The Morgan fingerprint density at radius 1 is 1.11 bits per heavy atom. The van der Waals surface area contributed by atoms with Gasteiger partial charge in [0.2, 0.25) is 5.91 Å². The van der Waals surface area contributed by atoms with Crippen LogP contribution in [0.1, 0.15) is 23.6 Å². The fourth-order valence-electron chi connectivity index (χ4n) is 4.82. The molecule has 11 heteroatoms. The highest BCUT2D eigenvalue weighted by atomic mass is 32.2. The van der Waals surface area contributed by atoms with Crippen LogP contribution >= 0.6 is 0 Å². The molecular formula is C27H26N4O6S. The number of sulfone groups is 1. The molecule has 0 aliphatic carbocycles. The molecule has 0 saturated carbocycles. The number of nitrogens with zero attached hydrogens (tertiary/aromatic N) is 3. The SMILES string of the molecule is Cc1ccc2ccccc2c1CN1C(=O)[C@@H](NC(=O)O)[C@H](C)N(C(=O)CS(C)(=O)=O)c2cc(C#N)ccc21. The quantitative estimate of drug-likeness (QED) is 0.511. The summed E-state index contributed by atoms with van der Waals surface area (Å²) in [4.78, 5) is 41.5. The van der Waals surface area contributed by atoms with E-state index in [-0.39, 0.29) is 23.5 Å². The molecule has 2 N–H and O–H groups in total. The van der Waals surface area contributed by atoms with Gasteiger partial charge in [-0.3, -0.25) is 9.59 Å². The van der Waals surface area contributed by atoms with Gasteiger partial charge in [0.25, 0.3) is 5.91 Å². The second kappa shape index (κ2) is 10.1. The van der Waals surface area contributed by atoms with E-state index in [0.717, 1.165) is 33.1 Å². The predicted octanol–water partition coefficient (Wildman–Crippen LogP) is 2.97. The molecule has 38 heavy (non-hydrogen) atoms. The smallest absolute Gasteiger partial charge is 0.405 e. The summed E-state index contributed by atoms with van der Waals surface area (Å²) in [6.07, 6.45) is -0.566. The standard InChI is InChI=1S/C27H26N4O6S/c1-16-8-10-19-6-4-5-7-20(19)21(16)14-30-22-11-9-18(13-28)12-23(22)31(24(32)15-38(3,36)37)17(2)25(26(30)33)29-27(34)35/h4-12,17,25,29H,14-15H2,1-3H3,(H,34,35)/t17-,25-/m0/s1. The minimum atomic E-state index is -3.76. The summed E-state index contributed by atoms with van der Waals surface area (Å²) in [6.45, 7) is 3.42. The third-order valence-electron chi connectivity index (χ3n) is 6.60. The first-order chi connectivity index (χ1) is 17.9. The summed E-state index contributed by atoms with van der Waals surface area (Å²) in [5.41, 5.74) is 2.31. The van der Waals surface area contributed by atoms with Crippen LogP contribution in [0, 0.1) is 18.3 Å². The summed E-state index contributed by atoms with van der Waals surface area (Å²) >= 11 is 0. The Balaban J connectivity index is 1.96. The monoisotopic (exact) mass is 534 g/mol. The Morgan fingerprint density at radius 2 is 1.82 bits per heavy atom. The van der Waals surface area contributed by atoms with Crippen LogP contribution in [-0.2, 0) is 26.0 Å². The van der Waals surface area contributed by atoms with Crippen LogP contribution in [0.2, 0.25) is 0 Å². The van der Waals surface area contributed by atoms with E-state index in [9.17, 15) is 33.2 Å². The summed E-state index contributed by atoms with van der Waals surface area (Å²) in [5.74, 6) is -2.32. The highest BCUT2D eigenvalue weighted by Crippen LogP contribution is 2.38. The van der Waals surface area contributed by atoms with Gasteiger partial charge in [0.1, 0.15) is 11.8 Å². The van der Waals surface area contributed by atoms with Gasteiger partial charge in [0.05, 0.1) is 35.6 Å². The van der Waals surface area contributed by atoms with Gasteiger partial charge in [-0.15, -0.1) is 0 Å². The Morgan fingerprint density at radius 3 is 2.47 bits per heavy atom. The number of benzene rings is 3. The fourth-order valence-corrected chi connectivity index (χ4v) is 5.41. The molecule has 2 atom stereocenters. The second-order valence-corrected chi connectivity index (χ2v) is 11.5. The molecule has 1 aliphatic heterocycles. The van der Waals surface area contributed by atoms with Gasteiger partial charge >= 0.3 is 6.09 Å². The molecule has 196 valence electrons. The van der Waals surface area contributed by atoms with Crippen LogP contribution in [0.3, 0.4) is 0 Å². The van der Waals surface area contributed by atoms with Crippen molar-refractivity contribution >= 4 is 49.9 Å². The van der Waals surface area contributed by atoms with Crippen molar-refractivity contribution < 1.29 is 27.9 Å². The lowest BCUT2D eigenvalue weighted by atomic mass is 9.98. The zero-order valence-corrected chi connectivity index (χ0v) is 21.8. The van der Waals surface area contributed by atoms with Crippen LogP contribution in [0.5, 0.6) is 0 Å². The maximum Gasteiger partial charge on any atom is 0.405 e. The van der Waals surface area contributed by atoms with E-state index in [1.54, 1.807) is 0 Å². The number of nitrogens with one attached hydrogen (secondary N) is 1. The first-order valence-electron chi connectivity index (χ1n) is 11.7. The number of anilines is 2. The van der Waals surface area contributed by atoms with Crippen LogP contribution in [0.15, 0.2) is 54.6 Å². The number of carbonyl (C=O) groups excluding carboxylic acids is 2. The van der Waals surface area contributed by atoms with Crippen LogP contribution < -0.4 is 15.1 Å². The number of aryl methyl sites for hydroxylation is 1. The largest absolute Gasteiger partial charge is 0.465 e. The number of carboxylic acid groups (broad SMARTS) is 1. The number of rotatable bonds is 5. The number of nitriles is 1. The third kappa shape index (κ3) is 5.17. The van der Waals surface area contributed by atoms with E-state index in [1.807, 2.05) is 49.4 Å². The number of fused-ring (bicyclic) bond motifs is 2. The van der Waals surface area contributed by atoms with E-state index >= 15 is 0 Å². The van der Waals surface area contributed by atoms with Crippen molar-refractivity contribution in [2.75, 3.05) is 21.8 Å². The molecule has 4 rings (SSSR count). The molecule has 10 nitrogen and oxygen atoms in total. The van der Waals surface area contributed by atoms with Crippen molar-refractivity contribution in [3.8, 4) is 6.07 Å². The second-order valence-electron chi connectivity index (χ2n) is 9.32. The average molecular weight is 535 g/mol. The molecule has 0 unspecified atom stereocenters. The predicted molar refractivity (Wildman–Crippen MR) is 143 cm³/mol. The van der Waals surface area contributed by atoms with Crippen molar-refractivity contribution in [1.29, 1.82) is 5.26 Å². The number of hydrogen-bond donors (Lipinski definition) is 2. The molecule has 3 aromatic rings. The Labute approximate surface area is 220 Å². The summed E-state index contributed by atoms with van der Waals surface area (Å²) in [7, 11) is -3.76. The normalized spacial score (nSPS) is 17.5. The van der Waals surface area contributed by atoms with E-state index in [2.05, 4.69) is 5.32 Å². The first kappa shape index (κ1) is 26.6. The van der Waals surface area contributed by atoms with Crippen LogP contribution in [-0.4, -0.2) is 55.5 Å². The fraction of sp³-hybridized carbons (Fsp3) is 0.259.